The summed E-state index contributed by atoms with van der Waals surface area (Å²) in [6.45, 7) is 3.56. The first-order valence-corrected chi connectivity index (χ1v) is 4.27. The Labute approximate surface area is 82.3 Å². The second-order valence-electron chi connectivity index (χ2n) is 3.03. The maximum atomic E-state index is 10.4. The highest BCUT2D eigenvalue weighted by atomic mass is 16.4. The molecule has 0 aromatic heterocycles. The van der Waals surface area contributed by atoms with Gasteiger partial charge in [0.05, 0.1) is 6.42 Å². The minimum atomic E-state index is -0.875. The number of benzene rings is 1. The summed E-state index contributed by atoms with van der Waals surface area (Å²) in [5, 5.41) is 18.0. The predicted molar refractivity (Wildman–Crippen MR) is 53.3 cm³/mol. The van der Waals surface area contributed by atoms with Crippen molar-refractivity contribution in [2.45, 2.75) is 12.8 Å². The molecule has 0 bridgehead atoms. The Kier molecular flexibility index (Phi) is 3.29. The van der Waals surface area contributed by atoms with Crippen molar-refractivity contribution in [3.05, 3.63) is 42.0 Å². The molecular weight excluding hydrogens is 180 g/mol. The highest BCUT2D eigenvalue weighted by molar-refractivity contribution is 5.70. The Morgan fingerprint density at radius 1 is 1.50 bits per heavy atom. The van der Waals surface area contributed by atoms with Crippen LogP contribution < -0.4 is 0 Å². The highest BCUT2D eigenvalue weighted by Crippen LogP contribution is 2.19. The van der Waals surface area contributed by atoms with Gasteiger partial charge in [-0.15, -0.1) is 6.58 Å². The fraction of sp³-hybridized carbons (Fsp3) is 0.182. The first-order chi connectivity index (χ1) is 6.63. The molecule has 0 saturated carbocycles. The third-order valence-corrected chi connectivity index (χ3v) is 1.86. The number of aliphatic carboxylic acids is 1. The van der Waals surface area contributed by atoms with Crippen LogP contribution in [0.2, 0.25) is 0 Å². The number of carboxylic acid groups (broad SMARTS) is 1. The van der Waals surface area contributed by atoms with Crippen LogP contribution in [0.5, 0.6) is 5.75 Å². The molecule has 0 heterocycles. The van der Waals surface area contributed by atoms with Gasteiger partial charge >= 0.3 is 5.97 Å². The minimum Gasteiger partial charge on any atom is -0.508 e. The molecule has 0 amide bonds. The Morgan fingerprint density at radius 2 is 2.21 bits per heavy atom. The van der Waals surface area contributed by atoms with Crippen molar-refractivity contribution in [2.24, 2.45) is 0 Å². The second kappa shape index (κ2) is 4.46. The van der Waals surface area contributed by atoms with E-state index in [1.165, 1.54) is 6.07 Å². The van der Waals surface area contributed by atoms with Crippen molar-refractivity contribution in [2.75, 3.05) is 0 Å². The van der Waals surface area contributed by atoms with E-state index in [4.69, 9.17) is 5.11 Å². The van der Waals surface area contributed by atoms with Crippen molar-refractivity contribution in [1.82, 2.24) is 0 Å². The lowest BCUT2D eigenvalue weighted by Crippen LogP contribution is -2.00. The third kappa shape index (κ3) is 2.62. The number of carbonyl (C=O) groups is 1. The van der Waals surface area contributed by atoms with Crippen LogP contribution in [0, 0.1) is 0 Å². The van der Waals surface area contributed by atoms with Crippen LogP contribution in [0.25, 0.3) is 0 Å². The third-order valence-electron chi connectivity index (χ3n) is 1.86. The molecule has 1 aromatic rings. The lowest BCUT2D eigenvalue weighted by atomic mass is 10.0. The van der Waals surface area contributed by atoms with E-state index in [0.29, 0.717) is 17.5 Å². The van der Waals surface area contributed by atoms with Crippen molar-refractivity contribution in [3.8, 4) is 5.75 Å². The molecule has 2 N–H and O–H groups in total. The maximum absolute atomic E-state index is 10.4. The van der Waals surface area contributed by atoms with Crippen LogP contribution in [-0.2, 0) is 17.6 Å². The van der Waals surface area contributed by atoms with E-state index >= 15 is 0 Å². The Bertz CT molecular complexity index is 356. The Morgan fingerprint density at radius 3 is 2.79 bits per heavy atom. The normalized spacial score (nSPS) is 9.71. The lowest BCUT2D eigenvalue weighted by molar-refractivity contribution is -0.136. The van der Waals surface area contributed by atoms with Crippen molar-refractivity contribution in [3.63, 3.8) is 0 Å². The number of allylic oxidation sites excluding steroid dienone is 1. The van der Waals surface area contributed by atoms with Gasteiger partial charge in [0.2, 0.25) is 0 Å². The van der Waals surface area contributed by atoms with Crippen molar-refractivity contribution in [1.29, 1.82) is 0 Å². The van der Waals surface area contributed by atoms with Gasteiger partial charge in [0.15, 0.2) is 0 Å². The van der Waals surface area contributed by atoms with Crippen LogP contribution in [0.1, 0.15) is 11.1 Å². The number of phenols is 1. The number of aromatic hydroxyl groups is 1. The smallest absolute Gasteiger partial charge is 0.307 e. The van der Waals surface area contributed by atoms with E-state index in [9.17, 15) is 9.90 Å². The predicted octanol–water partition coefficient (Wildman–Crippen LogP) is 1.75. The molecule has 14 heavy (non-hydrogen) atoms. The Hall–Kier alpha value is -1.77. The van der Waals surface area contributed by atoms with E-state index in [2.05, 4.69) is 6.58 Å². The SMILES string of the molecule is C=CCc1cc(CC(=O)O)ccc1O. The zero-order valence-corrected chi connectivity index (χ0v) is 7.73. The number of hydrogen-bond donors (Lipinski definition) is 2. The van der Waals surface area contributed by atoms with Crippen LogP contribution in [0.3, 0.4) is 0 Å². The van der Waals surface area contributed by atoms with E-state index in [1.807, 2.05) is 0 Å². The summed E-state index contributed by atoms with van der Waals surface area (Å²) in [6, 6.07) is 4.80. The first kappa shape index (κ1) is 10.3. The zero-order chi connectivity index (χ0) is 10.6. The van der Waals surface area contributed by atoms with E-state index in [-0.39, 0.29) is 12.2 Å². The van der Waals surface area contributed by atoms with Gasteiger partial charge in [-0.2, -0.15) is 0 Å². The molecule has 0 radical (unpaired) electrons. The fourth-order valence-corrected chi connectivity index (χ4v) is 1.24. The largest absolute Gasteiger partial charge is 0.508 e. The molecule has 0 aliphatic rings. The summed E-state index contributed by atoms with van der Waals surface area (Å²) < 4.78 is 0. The van der Waals surface area contributed by atoms with E-state index in [0.717, 1.165) is 0 Å². The molecule has 74 valence electrons. The summed E-state index contributed by atoms with van der Waals surface area (Å²) in [4.78, 5) is 10.4. The average molecular weight is 192 g/mol. The molecule has 3 nitrogen and oxygen atoms in total. The molecular formula is C11H12O3. The zero-order valence-electron chi connectivity index (χ0n) is 7.73. The molecule has 1 aromatic carbocycles. The number of carboxylic acids is 1. The quantitative estimate of drug-likeness (QED) is 0.714. The van der Waals surface area contributed by atoms with Gasteiger partial charge in [-0.05, 0) is 23.6 Å². The fourth-order valence-electron chi connectivity index (χ4n) is 1.24. The summed E-state index contributed by atoms with van der Waals surface area (Å²) in [5.41, 5.74) is 1.39. The van der Waals surface area contributed by atoms with Crippen LogP contribution in [-0.4, -0.2) is 16.2 Å². The average Bonchev–Trinajstić information content (AvgIpc) is 2.10. The van der Waals surface area contributed by atoms with Gasteiger partial charge in [-0.1, -0.05) is 18.2 Å². The van der Waals surface area contributed by atoms with Crippen molar-refractivity contribution >= 4 is 5.97 Å². The van der Waals surface area contributed by atoms with Gasteiger partial charge in [0, 0.05) is 0 Å². The molecule has 0 fully saturated rings. The standard InChI is InChI=1S/C11H12O3/c1-2-3-9-6-8(7-11(13)14)4-5-10(9)12/h2,4-6,12H,1,3,7H2,(H,13,14). The summed E-state index contributed by atoms with van der Waals surface area (Å²) in [5.74, 6) is -0.695. The van der Waals surface area contributed by atoms with Gasteiger partial charge in [-0.25, -0.2) is 0 Å². The van der Waals surface area contributed by atoms with Gasteiger partial charge < -0.3 is 10.2 Å². The number of rotatable bonds is 4. The molecule has 3 heteroatoms. The topological polar surface area (TPSA) is 57.5 Å². The maximum Gasteiger partial charge on any atom is 0.307 e. The molecule has 0 aliphatic carbocycles. The molecule has 0 aliphatic heterocycles. The first-order valence-electron chi connectivity index (χ1n) is 4.27. The molecule has 0 unspecified atom stereocenters. The lowest BCUT2D eigenvalue weighted by Gasteiger charge is -2.03. The van der Waals surface area contributed by atoms with E-state index in [1.54, 1.807) is 18.2 Å². The second-order valence-corrected chi connectivity index (χ2v) is 3.03. The number of hydrogen-bond acceptors (Lipinski definition) is 2. The van der Waals surface area contributed by atoms with Crippen LogP contribution in [0.15, 0.2) is 30.9 Å². The molecule has 1 rings (SSSR count). The van der Waals surface area contributed by atoms with Gasteiger partial charge in [0.25, 0.3) is 0 Å². The van der Waals surface area contributed by atoms with Crippen LogP contribution in [0.4, 0.5) is 0 Å². The van der Waals surface area contributed by atoms with Gasteiger partial charge in [-0.3, -0.25) is 4.79 Å². The summed E-state index contributed by atoms with van der Waals surface area (Å²) in [6.07, 6.45) is 2.18. The van der Waals surface area contributed by atoms with E-state index < -0.39 is 5.97 Å². The summed E-state index contributed by atoms with van der Waals surface area (Å²) in [7, 11) is 0. The minimum absolute atomic E-state index is 0.0234. The highest BCUT2D eigenvalue weighted by Gasteiger charge is 2.04. The monoisotopic (exact) mass is 192 g/mol. The Balaban J connectivity index is 2.93. The van der Waals surface area contributed by atoms with Gasteiger partial charge in [0.1, 0.15) is 5.75 Å². The van der Waals surface area contributed by atoms with Crippen molar-refractivity contribution < 1.29 is 15.0 Å². The molecule has 0 saturated heterocycles. The molecule has 0 spiro atoms. The number of phenolic OH excluding ortho intramolecular Hbond substituents is 1. The summed E-state index contributed by atoms with van der Waals surface area (Å²) >= 11 is 0. The van der Waals surface area contributed by atoms with Crippen LogP contribution >= 0.6 is 0 Å². The molecule has 0 atom stereocenters.